The van der Waals surface area contributed by atoms with Gasteiger partial charge in [-0.3, -0.25) is 0 Å². The van der Waals surface area contributed by atoms with Crippen LogP contribution in [0.1, 0.15) is 20.8 Å². The third kappa shape index (κ3) is 4.86. The monoisotopic (exact) mass is 445 g/mol. The van der Waals surface area contributed by atoms with E-state index in [-0.39, 0.29) is 0 Å². The van der Waals surface area contributed by atoms with E-state index in [1.165, 1.54) is 0 Å². The van der Waals surface area contributed by atoms with E-state index in [4.69, 9.17) is 9.41 Å². The van der Waals surface area contributed by atoms with E-state index in [1.54, 1.807) is 18.6 Å². The number of benzene rings is 1. The van der Waals surface area contributed by atoms with E-state index in [2.05, 4.69) is 58.3 Å². The van der Waals surface area contributed by atoms with Crippen molar-refractivity contribution in [1.82, 2.24) is 24.9 Å². The summed E-state index contributed by atoms with van der Waals surface area (Å²) < 4.78 is 6.27. The first-order valence-corrected chi connectivity index (χ1v) is 13.7. The van der Waals surface area contributed by atoms with Crippen LogP contribution in [0.2, 0.25) is 18.1 Å². The summed E-state index contributed by atoms with van der Waals surface area (Å²) in [5, 5.41) is 4.43. The maximum atomic E-state index is 6.27. The summed E-state index contributed by atoms with van der Waals surface area (Å²) >= 11 is 0. The molecule has 0 saturated carbocycles. The van der Waals surface area contributed by atoms with Gasteiger partial charge in [0.15, 0.2) is 8.32 Å². The van der Waals surface area contributed by atoms with Crippen molar-refractivity contribution >= 4 is 25.0 Å². The van der Waals surface area contributed by atoms with Gasteiger partial charge in [-0.1, -0.05) is 26.8 Å². The van der Waals surface area contributed by atoms with Crippen LogP contribution in [0.3, 0.4) is 0 Å². The maximum Gasteiger partial charge on any atom is 0.192 e. The number of nitrogens with one attached hydrogen (secondary N) is 2. The Morgan fingerprint density at radius 2 is 1.84 bits per heavy atom. The number of hydrogen-bond donors (Lipinski definition) is 2. The van der Waals surface area contributed by atoms with Crippen LogP contribution < -0.4 is 5.32 Å². The highest BCUT2D eigenvalue weighted by molar-refractivity contribution is 6.73. The lowest BCUT2D eigenvalue weighted by molar-refractivity contribution is 0.314. The van der Waals surface area contributed by atoms with E-state index in [9.17, 15) is 0 Å². The number of fused-ring (bicyclic) bond motifs is 1. The Kier molecular flexibility index (Phi) is 6.92. The van der Waals surface area contributed by atoms with Crippen LogP contribution in [-0.4, -0.2) is 46.4 Å². The number of hydrogen-bond acceptors (Lipinski definition) is 6. The summed E-state index contributed by atoms with van der Waals surface area (Å²) in [6.07, 6.45) is 9.99. The fourth-order valence-corrected chi connectivity index (χ4v) is 6.49. The fraction of sp³-hybridized carbons (Fsp3) is 0.333. The summed E-state index contributed by atoms with van der Waals surface area (Å²) in [4.78, 5) is 21.1. The molecule has 0 saturated heterocycles. The molecule has 32 heavy (non-hydrogen) atoms. The number of aromatic amines is 1. The van der Waals surface area contributed by atoms with E-state index >= 15 is 0 Å². The van der Waals surface area contributed by atoms with Crippen LogP contribution in [0.15, 0.2) is 49.1 Å². The molecule has 0 bridgehead atoms. The van der Waals surface area contributed by atoms with E-state index < -0.39 is 8.32 Å². The predicted octanol–water partition coefficient (Wildman–Crippen LogP) is 5.32. The number of anilines is 1. The molecule has 0 aliphatic rings. The molecule has 0 spiro atoms. The molecule has 0 amide bonds. The van der Waals surface area contributed by atoms with Gasteiger partial charge in [0.25, 0.3) is 0 Å². The molecule has 1 radical (unpaired) electrons. The third-order valence-electron chi connectivity index (χ3n) is 6.08. The van der Waals surface area contributed by atoms with Gasteiger partial charge in [-0.15, -0.1) is 0 Å². The van der Waals surface area contributed by atoms with Gasteiger partial charge < -0.3 is 14.7 Å². The first kappa shape index (κ1) is 22.1. The Morgan fingerprint density at radius 1 is 1.00 bits per heavy atom. The van der Waals surface area contributed by atoms with E-state index in [1.807, 2.05) is 24.4 Å². The summed E-state index contributed by atoms with van der Waals surface area (Å²) in [7, 11) is -1.55. The van der Waals surface area contributed by atoms with Crippen molar-refractivity contribution < 1.29 is 4.43 Å². The molecule has 165 valence electrons. The molecule has 8 heteroatoms. The largest absolute Gasteiger partial charge is 0.415 e. The predicted molar refractivity (Wildman–Crippen MR) is 131 cm³/mol. The average molecular weight is 446 g/mol. The molecule has 0 aliphatic carbocycles. The molecule has 1 aromatic carbocycles. The van der Waals surface area contributed by atoms with Crippen molar-refractivity contribution in [3.05, 3.63) is 55.2 Å². The van der Waals surface area contributed by atoms with Crippen LogP contribution in [0, 0.1) is 6.20 Å². The van der Waals surface area contributed by atoms with Crippen molar-refractivity contribution in [2.75, 3.05) is 18.5 Å². The van der Waals surface area contributed by atoms with Crippen molar-refractivity contribution in [2.24, 2.45) is 0 Å². The van der Waals surface area contributed by atoms with E-state index in [0.29, 0.717) is 24.5 Å². The highest BCUT2D eigenvalue weighted by Gasteiger charge is 2.28. The Bertz CT molecular complexity index is 1150. The van der Waals surface area contributed by atoms with Gasteiger partial charge in [0.2, 0.25) is 0 Å². The third-order valence-corrected chi connectivity index (χ3v) is 10.8. The zero-order valence-electron chi connectivity index (χ0n) is 18.9. The maximum absolute atomic E-state index is 6.27. The van der Waals surface area contributed by atoms with Crippen molar-refractivity contribution in [3.8, 4) is 22.6 Å². The number of rotatable bonds is 10. The zero-order chi connectivity index (χ0) is 22.4. The van der Waals surface area contributed by atoms with Crippen molar-refractivity contribution in [2.45, 2.75) is 38.9 Å². The van der Waals surface area contributed by atoms with E-state index in [0.717, 1.165) is 46.1 Å². The number of nitrogens with zero attached hydrogens (tertiary/aromatic N) is 4. The smallest absolute Gasteiger partial charge is 0.192 e. The molecule has 0 atom stereocenters. The average Bonchev–Trinajstić information content (AvgIpc) is 3.33. The second kappa shape index (κ2) is 10.0. The lowest BCUT2D eigenvalue weighted by Gasteiger charge is -2.28. The molecule has 3 heterocycles. The van der Waals surface area contributed by atoms with Gasteiger partial charge in [-0.2, -0.15) is 0 Å². The van der Waals surface area contributed by atoms with Gasteiger partial charge in [0, 0.05) is 29.2 Å². The topological polar surface area (TPSA) is 88.6 Å². The number of H-pyrrole nitrogens is 1. The minimum absolute atomic E-state index is 0.573. The molecule has 7 nitrogen and oxygen atoms in total. The van der Waals surface area contributed by atoms with Gasteiger partial charge in [0.1, 0.15) is 23.4 Å². The van der Waals surface area contributed by atoms with Gasteiger partial charge in [0.05, 0.1) is 30.9 Å². The summed E-state index contributed by atoms with van der Waals surface area (Å²) in [6.45, 7) is 8.13. The van der Waals surface area contributed by atoms with Gasteiger partial charge in [-0.05, 0) is 36.3 Å². The summed E-state index contributed by atoms with van der Waals surface area (Å²) in [6, 6.07) is 11.7. The fourth-order valence-electron chi connectivity index (χ4n) is 3.84. The minimum atomic E-state index is -1.55. The first-order chi connectivity index (χ1) is 15.7. The van der Waals surface area contributed by atoms with Crippen LogP contribution in [0.25, 0.3) is 33.5 Å². The first-order valence-electron chi connectivity index (χ1n) is 11.2. The van der Waals surface area contributed by atoms with Gasteiger partial charge >= 0.3 is 0 Å². The summed E-state index contributed by atoms with van der Waals surface area (Å²) in [5.41, 5.74) is 4.08. The van der Waals surface area contributed by atoms with Crippen LogP contribution in [0.4, 0.5) is 5.82 Å². The molecule has 0 fully saturated rings. The molecule has 2 N–H and O–H groups in total. The lowest BCUT2D eigenvalue weighted by Crippen LogP contribution is -2.37. The molecule has 4 rings (SSSR count). The second-order valence-electron chi connectivity index (χ2n) is 7.80. The van der Waals surface area contributed by atoms with Crippen molar-refractivity contribution in [1.29, 1.82) is 0 Å². The SMILES string of the molecule is CC[Si](CC)(CC)OCCNc1cnc(-c2[c]ncc(-c3ccc4[nH]ccc4c3)n2)cn1. The Balaban J connectivity index is 1.40. The minimum Gasteiger partial charge on any atom is -0.415 e. The zero-order valence-corrected chi connectivity index (χ0v) is 19.9. The Labute approximate surface area is 189 Å². The van der Waals surface area contributed by atoms with Gasteiger partial charge in [-0.25, -0.2) is 19.9 Å². The molecule has 0 aliphatic heterocycles. The summed E-state index contributed by atoms with van der Waals surface area (Å²) in [5.74, 6) is 0.719. The van der Waals surface area contributed by atoms with Crippen LogP contribution >= 0.6 is 0 Å². The number of aromatic nitrogens is 5. The molecule has 0 unspecified atom stereocenters. The van der Waals surface area contributed by atoms with Crippen molar-refractivity contribution in [3.63, 3.8) is 0 Å². The quantitative estimate of drug-likeness (QED) is 0.254. The molecule has 4 aromatic rings. The molecular weight excluding hydrogens is 416 g/mol. The molecule has 3 aromatic heterocycles. The lowest BCUT2D eigenvalue weighted by atomic mass is 10.1. The normalized spacial score (nSPS) is 11.7. The second-order valence-corrected chi connectivity index (χ2v) is 12.6. The highest BCUT2D eigenvalue weighted by atomic mass is 28.4. The standard InChI is InChI=1S/C24H29N6OSi/c1-4-32(5-2,6-3)31-12-11-27-24-17-28-22(16-29-24)23-15-25-14-21(30-23)18-7-8-20-19(13-18)9-10-26-20/h7-10,13-14,16-17,26H,4-6,11-12H2,1-3H3,(H,27,29). The van der Waals surface area contributed by atoms with Crippen LogP contribution in [0.5, 0.6) is 0 Å². The molecular formula is C24H29N6OSi. The Morgan fingerprint density at radius 3 is 2.59 bits per heavy atom. The Hall–Kier alpha value is -3.10. The highest BCUT2D eigenvalue weighted by Crippen LogP contribution is 2.24. The van der Waals surface area contributed by atoms with Crippen LogP contribution in [-0.2, 0) is 4.43 Å².